The molecule has 1 spiro atoms. The van der Waals surface area contributed by atoms with Gasteiger partial charge in [-0.15, -0.1) is 0 Å². The van der Waals surface area contributed by atoms with Crippen molar-refractivity contribution in [2.45, 2.75) is 31.8 Å². The number of carbonyl (C=O) groups excluding carboxylic acids is 1. The van der Waals surface area contributed by atoms with Gasteiger partial charge in [0.2, 0.25) is 5.91 Å². The molecule has 0 aliphatic carbocycles. The van der Waals surface area contributed by atoms with Crippen LogP contribution in [-0.2, 0) is 19.4 Å². The molecule has 3 rings (SSSR count). The molecule has 0 N–H and O–H groups in total. The van der Waals surface area contributed by atoms with Gasteiger partial charge in [-0.1, -0.05) is 0 Å². The van der Waals surface area contributed by atoms with Crippen molar-refractivity contribution in [3.05, 3.63) is 0 Å². The highest BCUT2D eigenvalue weighted by Crippen LogP contribution is 2.40. The van der Waals surface area contributed by atoms with Gasteiger partial charge < -0.3 is 9.64 Å². The van der Waals surface area contributed by atoms with Gasteiger partial charge in [0.05, 0.1) is 17.3 Å². The van der Waals surface area contributed by atoms with Crippen LogP contribution in [0.15, 0.2) is 0 Å². The summed E-state index contributed by atoms with van der Waals surface area (Å²) in [4.78, 5) is 16.6. The van der Waals surface area contributed by atoms with Crippen LogP contribution in [0.5, 0.6) is 0 Å². The van der Waals surface area contributed by atoms with Gasteiger partial charge in [-0.25, -0.2) is 8.42 Å². The highest BCUT2D eigenvalue weighted by atomic mass is 32.2. The Morgan fingerprint density at radius 1 is 1.32 bits per heavy atom. The predicted octanol–water partition coefficient (Wildman–Crippen LogP) is 0.134. The summed E-state index contributed by atoms with van der Waals surface area (Å²) in [6.45, 7) is 4.69. The van der Waals surface area contributed by atoms with Gasteiger partial charge in [-0.05, 0) is 32.2 Å². The number of rotatable bonds is 5. The maximum atomic E-state index is 12.5. The summed E-state index contributed by atoms with van der Waals surface area (Å²) in [5, 5.41) is 0. The van der Waals surface area contributed by atoms with Gasteiger partial charge in [-0.2, -0.15) is 0 Å². The predicted molar refractivity (Wildman–Crippen MR) is 83.4 cm³/mol. The van der Waals surface area contributed by atoms with Crippen molar-refractivity contribution in [3.8, 4) is 0 Å². The Kier molecular flexibility index (Phi) is 4.49. The van der Waals surface area contributed by atoms with E-state index in [1.165, 1.54) is 6.26 Å². The SMILES string of the molecule is CS(=O)(=O)CCN1C[C@@]2(CCCN(C[C@@H]3CCCO3)C2)C1=O. The second-order valence-corrected chi connectivity index (χ2v) is 9.37. The lowest BCUT2D eigenvalue weighted by Gasteiger charge is -2.53. The quantitative estimate of drug-likeness (QED) is 0.671. The zero-order valence-corrected chi connectivity index (χ0v) is 14.1. The number of β-lactam (4-membered cyclic amide) rings is 1. The maximum Gasteiger partial charge on any atom is 0.231 e. The smallest absolute Gasteiger partial charge is 0.231 e. The summed E-state index contributed by atoms with van der Waals surface area (Å²) < 4.78 is 28.2. The molecule has 0 aromatic rings. The molecular weight excluding hydrogens is 304 g/mol. The van der Waals surface area contributed by atoms with Crippen molar-refractivity contribution in [2.75, 3.05) is 51.3 Å². The van der Waals surface area contributed by atoms with Gasteiger partial charge in [0.25, 0.3) is 0 Å². The van der Waals surface area contributed by atoms with Gasteiger partial charge in [-0.3, -0.25) is 9.69 Å². The minimum absolute atomic E-state index is 0.0639. The maximum absolute atomic E-state index is 12.5. The Morgan fingerprint density at radius 2 is 2.14 bits per heavy atom. The number of ether oxygens (including phenoxy) is 1. The topological polar surface area (TPSA) is 66.9 Å². The Hall–Kier alpha value is -0.660. The summed E-state index contributed by atoms with van der Waals surface area (Å²) in [7, 11) is -3.01. The van der Waals surface area contributed by atoms with E-state index in [-0.39, 0.29) is 17.1 Å². The zero-order chi connectivity index (χ0) is 15.8. The minimum Gasteiger partial charge on any atom is -0.377 e. The normalized spacial score (nSPS) is 33.4. The average molecular weight is 330 g/mol. The molecule has 0 unspecified atom stereocenters. The lowest BCUT2D eigenvalue weighted by atomic mass is 9.72. The monoisotopic (exact) mass is 330 g/mol. The van der Waals surface area contributed by atoms with Crippen LogP contribution in [0.3, 0.4) is 0 Å². The molecule has 0 aromatic carbocycles. The van der Waals surface area contributed by atoms with Gasteiger partial charge in [0.1, 0.15) is 9.84 Å². The van der Waals surface area contributed by atoms with Crippen molar-refractivity contribution in [1.82, 2.24) is 9.80 Å². The molecule has 0 radical (unpaired) electrons. The third-order valence-electron chi connectivity index (χ3n) is 5.11. The molecule has 0 aromatic heterocycles. The lowest BCUT2D eigenvalue weighted by molar-refractivity contribution is -0.166. The van der Waals surface area contributed by atoms with Crippen LogP contribution in [0.1, 0.15) is 25.7 Å². The average Bonchev–Trinajstić information content (AvgIpc) is 2.95. The van der Waals surface area contributed by atoms with E-state index in [2.05, 4.69) is 4.90 Å². The van der Waals surface area contributed by atoms with Crippen molar-refractivity contribution >= 4 is 15.7 Å². The molecular formula is C15H26N2O4S. The van der Waals surface area contributed by atoms with Gasteiger partial charge >= 0.3 is 0 Å². The fourth-order valence-electron chi connectivity index (χ4n) is 3.97. The van der Waals surface area contributed by atoms with E-state index in [0.29, 0.717) is 19.2 Å². The van der Waals surface area contributed by atoms with Crippen LogP contribution in [0.4, 0.5) is 0 Å². The fraction of sp³-hybridized carbons (Fsp3) is 0.933. The summed E-state index contributed by atoms with van der Waals surface area (Å²) in [5.74, 6) is 0.210. The third kappa shape index (κ3) is 3.46. The molecule has 0 saturated carbocycles. The molecule has 1 amide bonds. The number of amides is 1. The molecule has 22 heavy (non-hydrogen) atoms. The van der Waals surface area contributed by atoms with Crippen LogP contribution in [0, 0.1) is 5.41 Å². The Labute approximate surface area is 132 Å². The first-order chi connectivity index (χ1) is 10.4. The second-order valence-electron chi connectivity index (χ2n) is 7.11. The summed E-state index contributed by atoms with van der Waals surface area (Å²) >= 11 is 0. The van der Waals surface area contributed by atoms with Crippen molar-refractivity contribution in [2.24, 2.45) is 5.41 Å². The number of piperidine rings is 1. The lowest BCUT2D eigenvalue weighted by Crippen LogP contribution is -2.67. The Morgan fingerprint density at radius 3 is 2.77 bits per heavy atom. The number of hydrogen-bond donors (Lipinski definition) is 0. The molecule has 3 aliphatic rings. The first-order valence-corrected chi connectivity index (χ1v) is 10.3. The van der Waals surface area contributed by atoms with E-state index in [1.54, 1.807) is 4.90 Å². The molecule has 3 fully saturated rings. The molecule has 6 nitrogen and oxygen atoms in total. The number of carbonyl (C=O) groups is 1. The molecule has 126 valence electrons. The van der Waals surface area contributed by atoms with Crippen LogP contribution < -0.4 is 0 Å². The Bertz CT molecular complexity index is 530. The van der Waals surface area contributed by atoms with E-state index < -0.39 is 9.84 Å². The van der Waals surface area contributed by atoms with Crippen molar-refractivity contribution in [1.29, 1.82) is 0 Å². The van der Waals surface area contributed by atoms with E-state index in [9.17, 15) is 13.2 Å². The number of likely N-dealkylation sites (tertiary alicyclic amines) is 2. The molecule has 3 saturated heterocycles. The first kappa shape index (κ1) is 16.2. The summed E-state index contributed by atoms with van der Waals surface area (Å²) in [6.07, 6.45) is 5.78. The number of sulfone groups is 1. The van der Waals surface area contributed by atoms with Crippen LogP contribution in [-0.4, -0.2) is 81.6 Å². The summed E-state index contributed by atoms with van der Waals surface area (Å²) in [6, 6.07) is 0. The van der Waals surface area contributed by atoms with Crippen molar-refractivity contribution in [3.63, 3.8) is 0 Å². The van der Waals surface area contributed by atoms with E-state index >= 15 is 0 Å². The van der Waals surface area contributed by atoms with E-state index in [0.717, 1.165) is 51.9 Å². The minimum atomic E-state index is -3.01. The van der Waals surface area contributed by atoms with Crippen molar-refractivity contribution < 1.29 is 17.9 Å². The van der Waals surface area contributed by atoms with Crippen LogP contribution >= 0.6 is 0 Å². The standard InChI is InChI=1S/C15H26N2O4S/c1-22(19,20)9-7-17-12-15(14(17)18)5-3-6-16(11-15)10-13-4-2-8-21-13/h13H,2-12H2,1H3/t13-,15-/m0/s1. The molecule has 0 bridgehead atoms. The highest BCUT2D eigenvalue weighted by Gasteiger charge is 2.53. The zero-order valence-electron chi connectivity index (χ0n) is 13.3. The highest BCUT2D eigenvalue weighted by molar-refractivity contribution is 7.90. The van der Waals surface area contributed by atoms with Crippen LogP contribution in [0.2, 0.25) is 0 Å². The third-order valence-corrected chi connectivity index (χ3v) is 6.03. The first-order valence-electron chi connectivity index (χ1n) is 8.19. The number of hydrogen-bond acceptors (Lipinski definition) is 5. The molecule has 3 heterocycles. The second kappa shape index (κ2) is 6.09. The molecule has 2 atom stereocenters. The van der Waals surface area contributed by atoms with Gasteiger partial charge in [0.15, 0.2) is 0 Å². The van der Waals surface area contributed by atoms with E-state index in [4.69, 9.17) is 4.74 Å². The number of nitrogens with zero attached hydrogens (tertiary/aromatic N) is 2. The fourth-order valence-corrected chi connectivity index (χ4v) is 4.52. The van der Waals surface area contributed by atoms with Crippen LogP contribution in [0.25, 0.3) is 0 Å². The van der Waals surface area contributed by atoms with E-state index in [1.807, 2.05) is 0 Å². The summed E-state index contributed by atoms with van der Waals surface area (Å²) in [5.41, 5.74) is -0.256. The largest absolute Gasteiger partial charge is 0.377 e. The van der Waals surface area contributed by atoms with Gasteiger partial charge in [0, 0.05) is 39.0 Å². The molecule has 7 heteroatoms. The Balaban J connectivity index is 1.52. The molecule has 3 aliphatic heterocycles.